The minimum Gasteiger partial charge on any atom is -0.497 e. The zero-order valence-electron chi connectivity index (χ0n) is 19.4. The molecule has 1 atom stereocenters. The summed E-state index contributed by atoms with van der Waals surface area (Å²) >= 11 is 6.34. The van der Waals surface area contributed by atoms with Crippen LogP contribution in [-0.2, 0) is 16.1 Å². The Morgan fingerprint density at radius 3 is 2.58 bits per heavy atom. The van der Waals surface area contributed by atoms with Crippen LogP contribution in [0.4, 0.5) is 11.4 Å². The molecule has 0 saturated carbocycles. The number of para-hydroxylation sites is 1. The summed E-state index contributed by atoms with van der Waals surface area (Å²) < 4.78 is 16.4. The summed E-state index contributed by atoms with van der Waals surface area (Å²) in [6.07, 6.45) is 0. The molecule has 1 unspecified atom stereocenters. The maximum absolute atomic E-state index is 13.6. The van der Waals surface area contributed by atoms with Crippen LogP contribution in [0.3, 0.4) is 0 Å². The van der Waals surface area contributed by atoms with Crippen molar-refractivity contribution in [3.05, 3.63) is 86.9 Å². The highest BCUT2D eigenvalue weighted by Crippen LogP contribution is 2.39. The molecule has 0 fully saturated rings. The zero-order valence-corrected chi connectivity index (χ0v) is 20.2. The predicted octanol–water partition coefficient (Wildman–Crippen LogP) is 4.37. The number of nitro benzene ring substituents is 1. The van der Waals surface area contributed by atoms with Gasteiger partial charge in [-0.05, 0) is 30.3 Å². The molecule has 0 radical (unpaired) electrons. The summed E-state index contributed by atoms with van der Waals surface area (Å²) in [6, 6.07) is 14.4. The number of methoxy groups -OCH3 is 2. The number of benzene rings is 3. The summed E-state index contributed by atoms with van der Waals surface area (Å²) in [6.45, 7) is -0.295. The number of carbonyl (C=O) groups is 2. The monoisotopic (exact) mass is 511 g/mol. The standard InChI is InChI=1S/C25H22ClN3O7/c1-34-18-11-6-15(21(12-18)35-2)13-28-22(30)14-36-24-19(4-3-5-20(24)26)23(28)25(31)27-16-7-9-17(10-8-16)29(32)33/h3-12,23H,13-14H2,1-2H3,(H,27,31). The number of anilines is 1. The van der Waals surface area contributed by atoms with Gasteiger partial charge in [0, 0.05) is 35.0 Å². The number of amides is 2. The number of halogens is 1. The molecule has 4 rings (SSSR count). The summed E-state index contributed by atoms with van der Waals surface area (Å²) in [5.74, 6) is 0.308. The first-order valence-electron chi connectivity index (χ1n) is 10.8. The average Bonchev–Trinajstić information content (AvgIpc) is 3.01. The molecule has 1 heterocycles. The lowest BCUT2D eigenvalue weighted by atomic mass is 10.0. The lowest BCUT2D eigenvalue weighted by Crippen LogP contribution is -2.41. The van der Waals surface area contributed by atoms with E-state index in [9.17, 15) is 19.7 Å². The Hall–Kier alpha value is -4.31. The molecular formula is C25H22ClN3O7. The quantitative estimate of drug-likeness (QED) is 0.369. The van der Waals surface area contributed by atoms with E-state index in [1.54, 1.807) is 36.4 Å². The first-order chi connectivity index (χ1) is 17.3. The van der Waals surface area contributed by atoms with E-state index in [1.807, 2.05) is 0 Å². The van der Waals surface area contributed by atoms with Gasteiger partial charge in [0.05, 0.1) is 30.7 Å². The van der Waals surface area contributed by atoms with Gasteiger partial charge in [-0.2, -0.15) is 0 Å². The first kappa shape index (κ1) is 24.8. The molecule has 186 valence electrons. The van der Waals surface area contributed by atoms with Crippen molar-refractivity contribution in [1.29, 1.82) is 0 Å². The molecule has 3 aromatic carbocycles. The van der Waals surface area contributed by atoms with Gasteiger partial charge >= 0.3 is 0 Å². The Morgan fingerprint density at radius 1 is 1.17 bits per heavy atom. The Balaban J connectivity index is 1.74. The molecule has 0 aliphatic carbocycles. The number of carbonyl (C=O) groups excluding carboxylic acids is 2. The third kappa shape index (κ3) is 5.03. The van der Waals surface area contributed by atoms with E-state index >= 15 is 0 Å². The van der Waals surface area contributed by atoms with Crippen molar-refractivity contribution in [3.8, 4) is 17.2 Å². The highest BCUT2D eigenvalue weighted by molar-refractivity contribution is 6.32. The summed E-state index contributed by atoms with van der Waals surface area (Å²) in [4.78, 5) is 38.7. The van der Waals surface area contributed by atoms with E-state index in [0.29, 0.717) is 28.3 Å². The highest BCUT2D eigenvalue weighted by Gasteiger charge is 2.37. The van der Waals surface area contributed by atoms with Crippen LogP contribution < -0.4 is 19.5 Å². The number of fused-ring (bicyclic) bond motifs is 1. The fraction of sp³-hybridized carbons (Fsp3) is 0.200. The van der Waals surface area contributed by atoms with Gasteiger partial charge in [0.2, 0.25) is 0 Å². The van der Waals surface area contributed by atoms with Crippen molar-refractivity contribution in [2.45, 2.75) is 12.6 Å². The van der Waals surface area contributed by atoms with Crippen LogP contribution in [0.15, 0.2) is 60.7 Å². The second kappa shape index (κ2) is 10.5. The van der Waals surface area contributed by atoms with Gasteiger partial charge in [-0.1, -0.05) is 23.7 Å². The molecule has 1 N–H and O–H groups in total. The molecule has 0 spiro atoms. The van der Waals surface area contributed by atoms with Crippen LogP contribution in [0.2, 0.25) is 5.02 Å². The summed E-state index contributed by atoms with van der Waals surface area (Å²) in [7, 11) is 3.03. The molecule has 0 bridgehead atoms. The molecule has 0 saturated heterocycles. The van der Waals surface area contributed by atoms with E-state index in [2.05, 4.69) is 5.32 Å². The second-order valence-corrected chi connectivity index (χ2v) is 8.25. The topological polar surface area (TPSA) is 120 Å². The molecule has 11 heteroatoms. The number of non-ortho nitro benzene ring substituents is 1. The molecule has 1 aliphatic rings. The average molecular weight is 512 g/mol. The third-order valence-electron chi connectivity index (χ3n) is 5.69. The van der Waals surface area contributed by atoms with Crippen LogP contribution in [-0.4, -0.2) is 42.5 Å². The Kier molecular flexibility index (Phi) is 7.25. The number of ether oxygens (including phenoxy) is 3. The smallest absolute Gasteiger partial charge is 0.269 e. The fourth-order valence-corrected chi connectivity index (χ4v) is 4.16. The van der Waals surface area contributed by atoms with E-state index in [1.165, 1.54) is 43.4 Å². The van der Waals surface area contributed by atoms with Crippen LogP contribution in [0, 0.1) is 10.1 Å². The van der Waals surface area contributed by atoms with Crippen LogP contribution in [0.5, 0.6) is 17.2 Å². The molecule has 1 aliphatic heterocycles. The van der Waals surface area contributed by atoms with Crippen LogP contribution in [0.1, 0.15) is 17.2 Å². The maximum Gasteiger partial charge on any atom is 0.269 e. The molecular weight excluding hydrogens is 490 g/mol. The Morgan fingerprint density at radius 2 is 1.92 bits per heavy atom. The van der Waals surface area contributed by atoms with Gasteiger partial charge in [0.15, 0.2) is 6.61 Å². The maximum atomic E-state index is 13.6. The van der Waals surface area contributed by atoms with Gasteiger partial charge < -0.3 is 24.4 Å². The number of rotatable bonds is 7. The first-order valence-corrected chi connectivity index (χ1v) is 11.2. The fourth-order valence-electron chi connectivity index (χ4n) is 3.93. The van der Waals surface area contributed by atoms with Crippen molar-refractivity contribution < 1.29 is 28.7 Å². The van der Waals surface area contributed by atoms with Crippen LogP contribution >= 0.6 is 11.6 Å². The van der Waals surface area contributed by atoms with E-state index < -0.39 is 22.8 Å². The lowest BCUT2D eigenvalue weighted by Gasteiger charge is -2.30. The second-order valence-electron chi connectivity index (χ2n) is 7.84. The highest BCUT2D eigenvalue weighted by atomic mass is 35.5. The summed E-state index contributed by atoms with van der Waals surface area (Å²) in [5.41, 5.74) is 1.26. The molecule has 2 amide bonds. The lowest BCUT2D eigenvalue weighted by molar-refractivity contribution is -0.384. The Bertz CT molecular complexity index is 1310. The number of nitrogens with zero attached hydrogens (tertiary/aromatic N) is 2. The number of hydrogen-bond donors (Lipinski definition) is 1. The van der Waals surface area contributed by atoms with Crippen molar-refractivity contribution in [2.75, 3.05) is 26.1 Å². The number of hydrogen-bond acceptors (Lipinski definition) is 7. The molecule has 10 nitrogen and oxygen atoms in total. The zero-order chi connectivity index (χ0) is 25.8. The van der Waals surface area contributed by atoms with Gasteiger partial charge in [0.1, 0.15) is 23.3 Å². The minimum absolute atomic E-state index is 0.0274. The molecule has 36 heavy (non-hydrogen) atoms. The minimum atomic E-state index is -1.12. The molecule has 3 aromatic rings. The van der Waals surface area contributed by atoms with Crippen molar-refractivity contribution >= 4 is 34.8 Å². The van der Waals surface area contributed by atoms with Gasteiger partial charge in [-0.25, -0.2) is 0 Å². The van der Waals surface area contributed by atoms with Crippen LogP contribution in [0.25, 0.3) is 0 Å². The largest absolute Gasteiger partial charge is 0.497 e. The van der Waals surface area contributed by atoms with E-state index in [-0.39, 0.29) is 29.6 Å². The third-order valence-corrected chi connectivity index (χ3v) is 5.99. The SMILES string of the molecule is COc1ccc(CN2C(=O)COc3c(Cl)cccc3C2C(=O)Nc2ccc([N+](=O)[O-])cc2)c(OC)c1. The van der Waals surface area contributed by atoms with Gasteiger partial charge in [-0.3, -0.25) is 19.7 Å². The van der Waals surface area contributed by atoms with Gasteiger partial charge in [0.25, 0.3) is 17.5 Å². The van der Waals surface area contributed by atoms with Gasteiger partial charge in [-0.15, -0.1) is 0 Å². The normalized spacial score (nSPS) is 14.8. The van der Waals surface area contributed by atoms with Crippen molar-refractivity contribution in [2.24, 2.45) is 0 Å². The van der Waals surface area contributed by atoms with Crippen molar-refractivity contribution in [3.63, 3.8) is 0 Å². The Labute approximate surface area is 211 Å². The van der Waals surface area contributed by atoms with Crippen molar-refractivity contribution in [1.82, 2.24) is 4.90 Å². The number of nitrogens with one attached hydrogen (secondary N) is 1. The predicted molar refractivity (Wildman–Crippen MR) is 132 cm³/mol. The molecule has 0 aromatic heterocycles. The van der Waals surface area contributed by atoms with E-state index in [4.69, 9.17) is 25.8 Å². The summed E-state index contributed by atoms with van der Waals surface area (Å²) in [5, 5.41) is 14.0. The number of nitro groups is 1. The van der Waals surface area contributed by atoms with E-state index in [0.717, 1.165) is 0 Å².